The molecule has 1 aromatic heterocycles. The quantitative estimate of drug-likeness (QED) is 0.722. The average Bonchev–Trinajstić information content (AvgIpc) is 2.99. The summed E-state index contributed by atoms with van der Waals surface area (Å²) in [6.07, 6.45) is 0. The monoisotopic (exact) mass is 404 g/mol. The summed E-state index contributed by atoms with van der Waals surface area (Å²) in [4.78, 5) is 24.7. The van der Waals surface area contributed by atoms with Crippen molar-refractivity contribution in [3.8, 4) is 11.4 Å². The highest BCUT2D eigenvalue weighted by atomic mass is 16.5. The molecule has 1 aliphatic rings. The summed E-state index contributed by atoms with van der Waals surface area (Å²) in [7, 11) is 0. The van der Waals surface area contributed by atoms with Crippen molar-refractivity contribution in [3.05, 3.63) is 54.6 Å². The van der Waals surface area contributed by atoms with Gasteiger partial charge in [0.15, 0.2) is 5.82 Å². The molecule has 1 amide bonds. The van der Waals surface area contributed by atoms with Gasteiger partial charge in [-0.15, -0.1) is 0 Å². The summed E-state index contributed by atoms with van der Waals surface area (Å²) in [5, 5.41) is 4.07. The van der Waals surface area contributed by atoms with Crippen LogP contribution in [0.2, 0.25) is 0 Å². The van der Waals surface area contributed by atoms with Crippen LogP contribution in [0, 0.1) is 5.92 Å². The Morgan fingerprint density at radius 2 is 1.80 bits per heavy atom. The van der Waals surface area contributed by atoms with Gasteiger partial charge in [0, 0.05) is 29.6 Å². The molecule has 1 aliphatic heterocycles. The topological polar surface area (TPSA) is 67.3 Å². The molecule has 1 N–H and O–H groups in total. The first-order chi connectivity index (χ1) is 14.4. The number of carbonyl (C=O) groups is 1. The molecule has 1 unspecified atom stereocenters. The Labute approximate surface area is 177 Å². The first-order valence-electron chi connectivity index (χ1n) is 10.4. The van der Waals surface area contributed by atoms with Crippen LogP contribution >= 0.6 is 0 Å². The van der Waals surface area contributed by atoms with E-state index in [0.717, 1.165) is 22.3 Å². The minimum absolute atomic E-state index is 0.0102. The van der Waals surface area contributed by atoms with Gasteiger partial charge in [-0.25, -0.2) is 9.97 Å². The number of para-hydroxylation sites is 1. The number of amides is 1. The number of nitrogens with one attached hydrogen (secondary N) is 1. The van der Waals surface area contributed by atoms with E-state index >= 15 is 0 Å². The van der Waals surface area contributed by atoms with E-state index in [1.807, 2.05) is 75.4 Å². The van der Waals surface area contributed by atoms with Crippen molar-refractivity contribution in [2.24, 2.45) is 5.92 Å². The maximum Gasteiger partial charge on any atom is 0.227 e. The fraction of sp³-hybridized carbons (Fsp3) is 0.375. The van der Waals surface area contributed by atoms with Gasteiger partial charge >= 0.3 is 0 Å². The summed E-state index contributed by atoms with van der Waals surface area (Å²) in [5.74, 6) is 1.28. The SMILES string of the molecule is CC(C)(C)NC(=O)C1COCCN(c2nc(-c3ccccc3)nc3ccccc23)C1. The van der Waals surface area contributed by atoms with Crippen molar-refractivity contribution in [1.29, 1.82) is 0 Å². The molecule has 6 nitrogen and oxygen atoms in total. The van der Waals surface area contributed by atoms with Gasteiger partial charge < -0.3 is 15.0 Å². The van der Waals surface area contributed by atoms with Gasteiger partial charge in [-0.2, -0.15) is 0 Å². The lowest BCUT2D eigenvalue weighted by Crippen LogP contribution is -2.47. The molecule has 0 spiro atoms. The van der Waals surface area contributed by atoms with E-state index in [0.29, 0.717) is 32.1 Å². The smallest absolute Gasteiger partial charge is 0.227 e. The van der Waals surface area contributed by atoms with Crippen LogP contribution in [0.25, 0.3) is 22.3 Å². The van der Waals surface area contributed by atoms with Crippen molar-refractivity contribution < 1.29 is 9.53 Å². The van der Waals surface area contributed by atoms with Gasteiger partial charge in [-0.05, 0) is 32.9 Å². The van der Waals surface area contributed by atoms with Crippen LogP contribution in [-0.4, -0.2) is 47.7 Å². The maximum absolute atomic E-state index is 12.8. The third kappa shape index (κ3) is 4.60. The molecule has 4 rings (SSSR count). The molecule has 156 valence electrons. The summed E-state index contributed by atoms with van der Waals surface area (Å²) >= 11 is 0. The lowest BCUT2D eigenvalue weighted by molar-refractivity contribution is -0.127. The predicted molar refractivity (Wildman–Crippen MR) is 119 cm³/mol. The van der Waals surface area contributed by atoms with Crippen LogP contribution in [0.5, 0.6) is 0 Å². The fourth-order valence-corrected chi connectivity index (χ4v) is 3.65. The Balaban J connectivity index is 1.72. The predicted octanol–water partition coefficient (Wildman–Crippen LogP) is 3.66. The number of hydrogen-bond acceptors (Lipinski definition) is 5. The van der Waals surface area contributed by atoms with Gasteiger partial charge in [0.2, 0.25) is 5.91 Å². The summed E-state index contributed by atoms with van der Waals surface area (Å²) in [6.45, 7) is 8.16. The van der Waals surface area contributed by atoms with Crippen molar-refractivity contribution in [2.45, 2.75) is 26.3 Å². The van der Waals surface area contributed by atoms with Gasteiger partial charge in [-0.1, -0.05) is 42.5 Å². The van der Waals surface area contributed by atoms with E-state index in [1.54, 1.807) is 0 Å². The molecule has 1 saturated heterocycles. The van der Waals surface area contributed by atoms with E-state index in [1.165, 1.54) is 0 Å². The van der Waals surface area contributed by atoms with Crippen LogP contribution in [0.4, 0.5) is 5.82 Å². The largest absolute Gasteiger partial charge is 0.379 e. The third-order valence-electron chi connectivity index (χ3n) is 5.05. The van der Waals surface area contributed by atoms with Crippen molar-refractivity contribution in [3.63, 3.8) is 0 Å². The Bertz CT molecular complexity index is 1030. The highest BCUT2D eigenvalue weighted by molar-refractivity contribution is 5.91. The highest BCUT2D eigenvalue weighted by Crippen LogP contribution is 2.28. The van der Waals surface area contributed by atoms with E-state index in [4.69, 9.17) is 14.7 Å². The van der Waals surface area contributed by atoms with Crippen LogP contribution < -0.4 is 10.2 Å². The van der Waals surface area contributed by atoms with E-state index < -0.39 is 0 Å². The van der Waals surface area contributed by atoms with Gasteiger partial charge in [0.25, 0.3) is 0 Å². The summed E-state index contributed by atoms with van der Waals surface area (Å²) in [5.41, 5.74) is 1.58. The van der Waals surface area contributed by atoms with Crippen molar-refractivity contribution in [1.82, 2.24) is 15.3 Å². The van der Waals surface area contributed by atoms with Crippen LogP contribution in [0.1, 0.15) is 20.8 Å². The number of hydrogen-bond donors (Lipinski definition) is 1. The second-order valence-electron chi connectivity index (χ2n) is 8.71. The number of fused-ring (bicyclic) bond motifs is 1. The zero-order valence-corrected chi connectivity index (χ0v) is 17.8. The normalized spacial score (nSPS) is 17.6. The average molecular weight is 405 g/mol. The van der Waals surface area contributed by atoms with E-state index in [2.05, 4.69) is 10.2 Å². The minimum Gasteiger partial charge on any atom is -0.379 e. The first-order valence-corrected chi connectivity index (χ1v) is 10.4. The number of ether oxygens (including phenoxy) is 1. The second kappa shape index (κ2) is 8.40. The molecule has 30 heavy (non-hydrogen) atoms. The molecular weight excluding hydrogens is 376 g/mol. The van der Waals surface area contributed by atoms with Crippen LogP contribution in [0.15, 0.2) is 54.6 Å². The zero-order valence-electron chi connectivity index (χ0n) is 17.8. The highest BCUT2D eigenvalue weighted by Gasteiger charge is 2.29. The number of anilines is 1. The number of benzene rings is 2. The van der Waals surface area contributed by atoms with Gasteiger partial charge in [0.05, 0.1) is 24.6 Å². The lowest BCUT2D eigenvalue weighted by Gasteiger charge is -2.28. The Kier molecular flexibility index (Phi) is 5.68. The minimum atomic E-state index is -0.281. The number of carbonyl (C=O) groups excluding carboxylic acids is 1. The molecule has 2 heterocycles. The van der Waals surface area contributed by atoms with E-state index in [9.17, 15) is 4.79 Å². The molecule has 0 bridgehead atoms. The maximum atomic E-state index is 12.8. The number of aromatic nitrogens is 2. The molecule has 0 aliphatic carbocycles. The Hall–Kier alpha value is -2.99. The van der Waals surface area contributed by atoms with Gasteiger partial charge in [0.1, 0.15) is 5.82 Å². The van der Waals surface area contributed by atoms with E-state index in [-0.39, 0.29) is 17.4 Å². The summed E-state index contributed by atoms with van der Waals surface area (Å²) in [6, 6.07) is 18.0. The molecule has 0 radical (unpaired) electrons. The lowest BCUT2D eigenvalue weighted by atomic mass is 10.0. The van der Waals surface area contributed by atoms with Crippen molar-refractivity contribution >= 4 is 22.6 Å². The molecule has 1 fully saturated rings. The number of rotatable bonds is 3. The molecule has 1 atom stereocenters. The Morgan fingerprint density at radius 1 is 1.07 bits per heavy atom. The number of nitrogens with zero attached hydrogens (tertiary/aromatic N) is 3. The molecule has 0 saturated carbocycles. The third-order valence-corrected chi connectivity index (χ3v) is 5.05. The Morgan fingerprint density at radius 3 is 2.57 bits per heavy atom. The molecule has 6 heteroatoms. The van der Waals surface area contributed by atoms with Gasteiger partial charge in [-0.3, -0.25) is 4.79 Å². The summed E-state index contributed by atoms with van der Waals surface area (Å²) < 4.78 is 5.78. The van der Waals surface area contributed by atoms with Crippen LogP contribution in [-0.2, 0) is 9.53 Å². The first kappa shape index (κ1) is 20.3. The fourth-order valence-electron chi connectivity index (χ4n) is 3.65. The second-order valence-corrected chi connectivity index (χ2v) is 8.71. The zero-order chi connectivity index (χ0) is 21.1. The molecule has 3 aromatic rings. The van der Waals surface area contributed by atoms with Crippen molar-refractivity contribution in [2.75, 3.05) is 31.2 Å². The molecule has 2 aromatic carbocycles. The molecular formula is C24H28N4O2. The van der Waals surface area contributed by atoms with Crippen LogP contribution in [0.3, 0.4) is 0 Å². The standard InChI is InChI=1S/C24H28N4O2/c1-24(2,3)27-23(29)18-15-28(13-14-30-16-18)22-19-11-7-8-12-20(19)25-21(26-22)17-9-5-4-6-10-17/h4-12,18H,13-16H2,1-3H3,(H,27,29).